The Morgan fingerprint density at radius 3 is 2.41 bits per heavy atom. The van der Waals surface area contributed by atoms with Gasteiger partial charge >= 0.3 is 6.09 Å². The van der Waals surface area contributed by atoms with Gasteiger partial charge in [0.25, 0.3) is 0 Å². The number of ether oxygens (including phenoxy) is 1. The summed E-state index contributed by atoms with van der Waals surface area (Å²) in [5, 5.41) is 8.92. The number of carbonyl (C=O) groups is 1. The molecule has 10 heteroatoms. The van der Waals surface area contributed by atoms with Gasteiger partial charge in [-0.25, -0.2) is 14.5 Å². The normalized spacial score (nSPS) is 20.7. The second kappa shape index (κ2) is 11.4. The minimum absolute atomic E-state index is 0.214. The Labute approximate surface area is 231 Å². The third kappa shape index (κ3) is 6.79. The van der Waals surface area contributed by atoms with Gasteiger partial charge in [0.05, 0.1) is 11.6 Å². The molecule has 1 saturated heterocycles. The number of carbonyl (C=O) groups excluding carboxylic acids is 1. The van der Waals surface area contributed by atoms with Crippen molar-refractivity contribution < 1.29 is 9.53 Å². The summed E-state index contributed by atoms with van der Waals surface area (Å²) in [4.78, 5) is 28.4. The summed E-state index contributed by atoms with van der Waals surface area (Å²) < 4.78 is 7.55. The zero-order chi connectivity index (χ0) is 27.6. The van der Waals surface area contributed by atoms with E-state index in [1.807, 2.05) is 44.9 Å². The van der Waals surface area contributed by atoms with Gasteiger partial charge in [0, 0.05) is 63.4 Å². The van der Waals surface area contributed by atoms with Gasteiger partial charge in [-0.2, -0.15) is 10.1 Å². The molecule has 2 fully saturated rings. The van der Waals surface area contributed by atoms with Crippen molar-refractivity contribution in [3.63, 3.8) is 0 Å². The average molecular weight is 535 g/mol. The van der Waals surface area contributed by atoms with Gasteiger partial charge in [-0.1, -0.05) is 0 Å². The second-order valence-corrected chi connectivity index (χ2v) is 12.0. The molecule has 0 atom stereocenters. The van der Waals surface area contributed by atoms with Crippen molar-refractivity contribution in [3.05, 3.63) is 36.7 Å². The Bertz CT molecular complexity index is 1250. The van der Waals surface area contributed by atoms with Crippen LogP contribution in [0.4, 0.5) is 22.1 Å². The van der Waals surface area contributed by atoms with E-state index in [1.165, 1.54) is 5.69 Å². The fourth-order valence-corrected chi connectivity index (χ4v) is 5.45. The smallest absolute Gasteiger partial charge is 0.410 e. The Morgan fingerprint density at radius 2 is 1.74 bits per heavy atom. The molecule has 5 rings (SSSR count). The number of piperazine rings is 1. The lowest BCUT2D eigenvalue weighted by atomic mass is 9.85. The molecule has 1 amide bonds. The van der Waals surface area contributed by atoms with Crippen LogP contribution in [0.3, 0.4) is 0 Å². The molecule has 3 heterocycles. The molecule has 10 nitrogen and oxygen atoms in total. The molecule has 0 bridgehead atoms. The number of likely N-dealkylation sites (N-methyl/N-ethyl adjacent to an activating group) is 1. The van der Waals surface area contributed by atoms with Crippen LogP contribution in [-0.4, -0.2) is 87.6 Å². The molecule has 2 aromatic heterocycles. The number of hydrogen-bond acceptors (Lipinski definition) is 8. The van der Waals surface area contributed by atoms with Crippen LogP contribution in [0.5, 0.6) is 0 Å². The highest BCUT2D eigenvalue weighted by Gasteiger charge is 2.29. The van der Waals surface area contributed by atoms with Crippen LogP contribution < -0.4 is 10.2 Å². The minimum Gasteiger partial charge on any atom is -0.444 e. The first-order valence-electron chi connectivity index (χ1n) is 14.1. The SMILES string of the molecule is CN1CCN(c2ccc(Nc3ncc4cnn(CC5CCC(N(C)C(=O)OC(C)(C)C)CC5)c4n3)cc2)CC1. The monoisotopic (exact) mass is 534 g/mol. The quantitative estimate of drug-likeness (QED) is 0.485. The lowest BCUT2D eigenvalue weighted by Gasteiger charge is -2.35. The zero-order valence-electron chi connectivity index (χ0n) is 23.9. The third-order valence-corrected chi connectivity index (χ3v) is 7.85. The van der Waals surface area contributed by atoms with E-state index in [0.29, 0.717) is 11.9 Å². The molecule has 210 valence electrons. The van der Waals surface area contributed by atoms with Crippen LogP contribution in [0.25, 0.3) is 11.0 Å². The first-order valence-corrected chi connectivity index (χ1v) is 14.1. The Morgan fingerprint density at radius 1 is 1.05 bits per heavy atom. The van der Waals surface area contributed by atoms with Crippen molar-refractivity contribution in [2.24, 2.45) is 5.92 Å². The first kappa shape index (κ1) is 27.2. The van der Waals surface area contributed by atoms with Crippen LogP contribution in [0, 0.1) is 5.92 Å². The van der Waals surface area contributed by atoms with E-state index < -0.39 is 5.60 Å². The van der Waals surface area contributed by atoms with E-state index in [0.717, 1.165) is 75.1 Å². The van der Waals surface area contributed by atoms with Gasteiger partial charge in [-0.3, -0.25) is 0 Å². The highest BCUT2D eigenvalue weighted by Crippen LogP contribution is 2.30. The van der Waals surface area contributed by atoms with Gasteiger partial charge in [0.2, 0.25) is 5.95 Å². The number of amides is 1. The molecule has 39 heavy (non-hydrogen) atoms. The summed E-state index contributed by atoms with van der Waals surface area (Å²) in [6.45, 7) is 10.8. The van der Waals surface area contributed by atoms with E-state index in [4.69, 9.17) is 9.72 Å². The van der Waals surface area contributed by atoms with Gasteiger partial charge in [-0.05, 0) is 83.7 Å². The number of anilines is 3. The maximum atomic E-state index is 12.5. The van der Waals surface area contributed by atoms with Gasteiger partial charge in [-0.15, -0.1) is 0 Å². The number of nitrogens with one attached hydrogen (secondary N) is 1. The second-order valence-electron chi connectivity index (χ2n) is 12.0. The van der Waals surface area contributed by atoms with Crippen LogP contribution >= 0.6 is 0 Å². The molecular formula is C29H42N8O2. The molecule has 1 aromatic carbocycles. The first-order chi connectivity index (χ1) is 18.6. The molecular weight excluding hydrogens is 492 g/mol. The van der Waals surface area contributed by atoms with Crippen molar-refractivity contribution in [3.8, 4) is 0 Å². The minimum atomic E-state index is -0.479. The Kier molecular flexibility index (Phi) is 7.93. The third-order valence-electron chi connectivity index (χ3n) is 7.85. The largest absolute Gasteiger partial charge is 0.444 e. The van der Waals surface area contributed by atoms with E-state index in [1.54, 1.807) is 4.90 Å². The fraction of sp³-hybridized carbons (Fsp3) is 0.586. The van der Waals surface area contributed by atoms with E-state index in [-0.39, 0.29) is 12.1 Å². The molecule has 1 aliphatic carbocycles. The lowest BCUT2D eigenvalue weighted by molar-refractivity contribution is 0.0169. The molecule has 0 radical (unpaired) electrons. The Balaban J connectivity index is 1.18. The molecule has 1 aliphatic heterocycles. The van der Waals surface area contributed by atoms with Crippen LogP contribution in [0.15, 0.2) is 36.7 Å². The summed E-state index contributed by atoms with van der Waals surface area (Å²) in [6, 6.07) is 8.71. The van der Waals surface area contributed by atoms with Crippen molar-refractivity contribution in [1.29, 1.82) is 0 Å². The van der Waals surface area contributed by atoms with Crippen LogP contribution in [0.2, 0.25) is 0 Å². The summed E-state index contributed by atoms with van der Waals surface area (Å²) in [5.74, 6) is 1.06. The summed E-state index contributed by atoms with van der Waals surface area (Å²) in [5.41, 5.74) is 2.57. The fourth-order valence-electron chi connectivity index (χ4n) is 5.45. The van der Waals surface area contributed by atoms with Crippen molar-refractivity contribution in [2.45, 2.75) is 64.6 Å². The maximum absolute atomic E-state index is 12.5. The predicted molar refractivity (Wildman–Crippen MR) is 155 cm³/mol. The molecule has 1 N–H and O–H groups in total. The van der Waals surface area contributed by atoms with Crippen molar-refractivity contribution >= 4 is 34.4 Å². The van der Waals surface area contributed by atoms with E-state index in [2.05, 4.69) is 56.5 Å². The highest BCUT2D eigenvalue weighted by molar-refractivity contribution is 5.75. The van der Waals surface area contributed by atoms with Crippen LogP contribution in [-0.2, 0) is 11.3 Å². The van der Waals surface area contributed by atoms with Crippen molar-refractivity contribution in [1.82, 2.24) is 29.5 Å². The number of benzene rings is 1. The van der Waals surface area contributed by atoms with Gasteiger partial charge in [0.1, 0.15) is 5.60 Å². The molecule has 0 unspecified atom stereocenters. The topological polar surface area (TPSA) is 91.7 Å². The van der Waals surface area contributed by atoms with Crippen LogP contribution in [0.1, 0.15) is 46.5 Å². The molecule has 1 saturated carbocycles. The molecule has 3 aromatic rings. The van der Waals surface area contributed by atoms with Gasteiger partial charge in [0.15, 0.2) is 5.65 Å². The predicted octanol–water partition coefficient (Wildman–Crippen LogP) is 4.75. The van der Waals surface area contributed by atoms with Crippen molar-refractivity contribution in [2.75, 3.05) is 50.5 Å². The number of rotatable bonds is 6. The summed E-state index contributed by atoms with van der Waals surface area (Å²) in [7, 11) is 4.02. The number of fused-ring (bicyclic) bond motifs is 1. The summed E-state index contributed by atoms with van der Waals surface area (Å²) in [6.07, 6.45) is 7.43. The van der Waals surface area contributed by atoms with Gasteiger partial charge < -0.3 is 24.8 Å². The lowest BCUT2D eigenvalue weighted by Crippen LogP contribution is -2.44. The number of nitrogens with zero attached hydrogens (tertiary/aromatic N) is 7. The van der Waals surface area contributed by atoms with E-state index >= 15 is 0 Å². The number of aromatic nitrogens is 4. The average Bonchev–Trinajstić information content (AvgIpc) is 3.30. The standard InChI is InChI=1S/C29H42N8O2/c1-29(2,3)39-28(38)35(5)24-10-6-21(7-11-24)20-37-26-22(19-31-37)18-30-27(33-26)32-23-8-12-25(13-9-23)36-16-14-34(4)15-17-36/h8-9,12-13,18-19,21,24H,6-7,10-11,14-17,20H2,1-5H3,(H,30,32,33). The molecule has 2 aliphatic rings. The highest BCUT2D eigenvalue weighted by atomic mass is 16.6. The Hall–Kier alpha value is -3.40. The van der Waals surface area contributed by atoms with E-state index in [9.17, 15) is 4.79 Å². The number of hydrogen-bond donors (Lipinski definition) is 1. The zero-order valence-corrected chi connectivity index (χ0v) is 23.9. The molecule has 0 spiro atoms. The summed E-state index contributed by atoms with van der Waals surface area (Å²) >= 11 is 0. The maximum Gasteiger partial charge on any atom is 0.410 e.